The minimum atomic E-state index is -0.0920. The van der Waals surface area contributed by atoms with Crippen LogP contribution in [0.4, 0.5) is 5.69 Å². The zero-order chi connectivity index (χ0) is 18.8. The van der Waals surface area contributed by atoms with Gasteiger partial charge in [-0.1, -0.05) is 6.07 Å². The number of hydrogen-bond acceptors (Lipinski definition) is 5. The third-order valence-electron chi connectivity index (χ3n) is 5.83. The summed E-state index contributed by atoms with van der Waals surface area (Å²) in [5.41, 5.74) is 7.95. The number of fused-ring (bicyclic) bond motifs is 2. The molecule has 4 atom stereocenters. The molecule has 6 heteroatoms. The summed E-state index contributed by atoms with van der Waals surface area (Å²) in [7, 11) is 1.60. The van der Waals surface area contributed by atoms with Gasteiger partial charge in [-0.05, 0) is 49.3 Å². The number of nitrogens with two attached hydrogens (primary N) is 1. The molecular formula is C21H25N3O3. The molecule has 142 valence electrons. The first-order chi connectivity index (χ1) is 13.2. The van der Waals surface area contributed by atoms with E-state index in [2.05, 4.69) is 10.3 Å². The predicted molar refractivity (Wildman–Crippen MR) is 102 cm³/mol. The largest absolute Gasteiger partial charge is 0.493 e. The van der Waals surface area contributed by atoms with Crippen molar-refractivity contribution < 1.29 is 14.3 Å². The highest BCUT2D eigenvalue weighted by Gasteiger charge is 2.49. The van der Waals surface area contributed by atoms with Gasteiger partial charge in [-0.25, -0.2) is 0 Å². The van der Waals surface area contributed by atoms with Crippen LogP contribution in [0.2, 0.25) is 0 Å². The molecule has 0 spiro atoms. The first kappa shape index (κ1) is 17.8. The number of methoxy groups -OCH3 is 1. The normalized spacial score (nSPS) is 26.0. The Morgan fingerprint density at radius 2 is 2.11 bits per heavy atom. The lowest BCUT2D eigenvalue weighted by atomic mass is 9.84. The van der Waals surface area contributed by atoms with Crippen molar-refractivity contribution in [3.05, 3.63) is 48.3 Å². The molecule has 27 heavy (non-hydrogen) atoms. The van der Waals surface area contributed by atoms with Crippen LogP contribution < -0.4 is 20.5 Å². The molecule has 2 saturated carbocycles. The molecule has 3 N–H and O–H groups in total. The van der Waals surface area contributed by atoms with Gasteiger partial charge < -0.3 is 20.5 Å². The van der Waals surface area contributed by atoms with E-state index in [9.17, 15) is 4.79 Å². The van der Waals surface area contributed by atoms with Crippen LogP contribution in [0.15, 0.2) is 42.7 Å². The maximum Gasteiger partial charge on any atom is 0.229 e. The van der Waals surface area contributed by atoms with E-state index >= 15 is 0 Å². The fourth-order valence-corrected chi connectivity index (χ4v) is 4.46. The second-order valence-corrected chi connectivity index (χ2v) is 7.44. The van der Waals surface area contributed by atoms with Crippen LogP contribution in [0.25, 0.3) is 0 Å². The van der Waals surface area contributed by atoms with E-state index in [-0.39, 0.29) is 17.9 Å². The highest BCUT2D eigenvalue weighted by atomic mass is 16.5. The SMILES string of the molecule is COc1ccc(NC(=O)C2C3CCC(C3)C2N)cc1OCc1cccnc1. The quantitative estimate of drug-likeness (QED) is 0.820. The minimum Gasteiger partial charge on any atom is -0.493 e. The Morgan fingerprint density at radius 3 is 2.81 bits per heavy atom. The van der Waals surface area contributed by atoms with Crippen molar-refractivity contribution in [3.63, 3.8) is 0 Å². The molecule has 2 fully saturated rings. The van der Waals surface area contributed by atoms with Gasteiger partial charge in [0.2, 0.25) is 5.91 Å². The molecule has 1 aromatic heterocycles. The first-order valence-electron chi connectivity index (χ1n) is 9.42. The number of pyridine rings is 1. The number of hydrogen-bond donors (Lipinski definition) is 2. The molecule has 0 radical (unpaired) electrons. The number of nitrogens with zero attached hydrogens (tertiary/aromatic N) is 1. The zero-order valence-electron chi connectivity index (χ0n) is 15.4. The van der Waals surface area contributed by atoms with Gasteiger partial charge >= 0.3 is 0 Å². The number of rotatable bonds is 6. The van der Waals surface area contributed by atoms with Gasteiger partial charge in [-0.3, -0.25) is 9.78 Å². The second kappa shape index (κ2) is 7.56. The van der Waals surface area contributed by atoms with Crippen molar-refractivity contribution in [3.8, 4) is 11.5 Å². The van der Waals surface area contributed by atoms with Gasteiger partial charge in [-0.15, -0.1) is 0 Å². The minimum absolute atomic E-state index is 0.0121. The van der Waals surface area contributed by atoms with Gasteiger partial charge in [0.25, 0.3) is 0 Å². The fraction of sp³-hybridized carbons (Fsp3) is 0.429. The summed E-state index contributed by atoms with van der Waals surface area (Å²) < 4.78 is 11.3. The molecule has 6 nitrogen and oxygen atoms in total. The Morgan fingerprint density at radius 1 is 1.26 bits per heavy atom. The highest BCUT2D eigenvalue weighted by molar-refractivity contribution is 5.94. The van der Waals surface area contributed by atoms with Crippen molar-refractivity contribution in [1.82, 2.24) is 4.98 Å². The van der Waals surface area contributed by atoms with Crippen molar-refractivity contribution >= 4 is 11.6 Å². The fourth-order valence-electron chi connectivity index (χ4n) is 4.46. The summed E-state index contributed by atoms with van der Waals surface area (Å²) in [6.45, 7) is 0.374. The van der Waals surface area contributed by atoms with Crippen LogP contribution >= 0.6 is 0 Å². The molecule has 2 bridgehead atoms. The molecule has 0 saturated heterocycles. The van der Waals surface area contributed by atoms with E-state index in [1.54, 1.807) is 31.6 Å². The monoisotopic (exact) mass is 367 g/mol. The summed E-state index contributed by atoms with van der Waals surface area (Å²) in [5, 5.41) is 3.02. The summed E-state index contributed by atoms with van der Waals surface area (Å²) in [6, 6.07) is 9.21. The average molecular weight is 367 g/mol. The number of amides is 1. The number of benzene rings is 1. The van der Waals surface area contributed by atoms with Gasteiger partial charge in [-0.2, -0.15) is 0 Å². The summed E-state index contributed by atoms with van der Waals surface area (Å²) in [4.78, 5) is 16.9. The van der Waals surface area contributed by atoms with Crippen LogP contribution in [0.1, 0.15) is 24.8 Å². The third kappa shape index (κ3) is 3.62. The van der Waals surface area contributed by atoms with Gasteiger partial charge in [0.15, 0.2) is 11.5 Å². The molecule has 1 heterocycles. The molecule has 2 aliphatic carbocycles. The summed E-state index contributed by atoms with van der Waals surface area (Å²) >= 11 is 0. The maximum atomic E-state index is 12.8. The van der Waals surface area contributed by atoms with Gasteiger partial charge in [0.1, 0.15) is 6.61 Å². The molecule has 2 aliphatic rings. The number of nitrogens with one attached hydrogen (secondary N) is 1. The van der Waals surface area contributed by atoms with E-state index in [0.717, 1.165) is 24.8 Å². The van der Waals surface area contributed by atoms with Crippen LogP contribution in [-0.2, 0) is 11.4 Å². The van der Waals surface area contributed by atoms with E-state index in [4.69, 9.17) is 15.2 Å². The lowest BCUT2D eigenvalue weighted by molar-refractivity contribution is -0.121. The third-order valence-corrected chi connectivity index (χ3v) is 5.83. The molecule has 0 aliphatic heterocycles. The van der Waals surface area contributed by atoms with Crippen molar-refractivity contribution in [1.29, 1.82) is 0 Å². The van der Waals surface area contributed by atoms with Crippen molar-refractivity contribution in [2.75, 3.05) is 12.4 Å². The first-order valence-corrected chi connectivity index (χ1v) is 9.42. The van der Waals surface area contributed by atoms with Crippen molar-refractivity contribution in [2.45, 2.75) is 31.9 Å². The van der Waals surface area contributed by atoms with E-state index in [1.165, 1.54) is 0 Å². The van der Waals surface area contributed by atoms with Gasteiger partial charge in [0.05, 0.1) is 13.0 Å². The molecule has 4 unspecified atom stereocenters. The second-order valence-electron chi connectivity index (χ2n) is 7.44. The number of aromatic nitrogens is 1. The Labute approximate surface area is 159 Å². The zero-order valence-corrected chi connectivity index (χ0v) is 15.4. The summed E-state index contributed by atoms with van der Waals surface area (Å²) in [5.74, 6) is 2.04. The molecule has 1 amide bonds. The van der Waals surface area contributed by atoms with Gasteiger partial charge in [0, 0.05) is 35.8 Å². The summed E-state index contributed by atoms with van der Waals surface area (Å²) in [6.07, 6.45) is 6.83. The molecule has 4 rings (SSSR count). The van der Waals surface area contributed by atoms with Crippen LogP contribution in [0.5, 0.6) is 11.5 Å². The lowest BCUT2D eigenvalue weighted by Gasteiger charge is -2.27. The molecule has 1 aromatic carbocycles. The number of ether oxygens (including phenoxy) is 2. The molecule has 2 aromatic rings. The predicted octanol–water partition coefficient (Wildman–Crippen LogP) is 2.98. The van der Waals surface area contributed by atoms with Crippen LogP contribution in [0, 0.1) is 17.8 Å². The average Bonchev–Trinajstić information content (AvgIpc) is 3.28. The van der Waals surface area contributed by atoms with Crippen LogP contribution in [0.3, 0.4) is 0 Å². The topological polar surface area (TPSA) is 86.5 Å². The Bertz CT molecular complexity index is 810. The smallest absolute Gasteiger partial charge is 0.229 e. The highest BCUT2D eigenvalue weighted by Crippen LogP contribution is 2.48. The van der Waals surface area contributed by atoms with E-state index in [1.807, 2.05) is 18.2 Å². The van der Waals surface area contributed by atoms with Crippen molar-refractivity contribution in [2.24, 2.45) is 23.5 Å². The molecular weight excluding hydrogens is 342 g/mol. The van der Waals surface area contributed by atoms with E-state index in [0.29, 0.717) is 35.6 Å². The Kier molecular flexibility index (Phi) is 4.99. The Balaban J connectivity index is 1.46. The van der Waals surface area contributed by atoms with E-state index < -0.39 is 0 Å². The van der Waals surface area contributed by atoms with Crippen LogP contribution in [-0.4, -0.2) is 24.0 Å². The standard InChI is InChI=1S/C21H25N3O3/c1-26-17-7-6-16(10-18(17)27-12-13-3-2-8-23-11-13)24-21(25)19-14-4-5-15(9-14)20(19)22/h2-3,6-8,10-11,14-15,19-20H,4-5,9,12,22H2,1H3,(H,24,25). The number of carbonyl (C=O) groups is 1. The maximum absolute atomic E-state index is 12.8. The number of carbonyl (C=O) groups excluding carboxylic acids is 1. The number of anilines is 1. The lowest BCUT2D eigenvalue weighted by Crippen LogP contribution is -2.42. The Hall–Kier alpha value is -2.60.